The van der Waals surface area contributed by atoms with Crippen molar-refractivity contribution in [2.24, 2.45) is 0 Å². The lowest BCUT2D eigenvalue weighted by Gasteiger charge is -2.10. The first-order valence-corrected chi connectivity index (χ1v) is 8.58. The molecule has 1 fully saturated rings. The van der Waals surface area contributed by atoms with Gasteiger partial charge in [-0.1, -0.05) is 47.3 Å². The van der Waals surface area contributed by atoms with E-state index in [-0.39, 0.29) is 0 Å². The fraction of sp³-hybridized carbons (Fsp3) is 0.222. The van der Waals surface area contributed by atoms with Gasteiger partial charge in [-0.25, -0.2) is 0 Å². The maximum absolute atomic E-state index is 5.32. The Morgan fingerprint density at radius 2 is 1.83 bits per heavy atom. The molecule has 0 saturated heterocycles. The highest BCUT2D eigenvalue weighted by Gasteiger charge is 2.28. The van der Waals surface area contributed by atoms with Crippen molar-refractivity contribution in [1.82, 2.24) is 10.1 Å². The second-order valence-corrected chi connectivity index (χ2v) is 6.70. The van der Waals surface area contributed by atoms with Crippen LogP contribution in [0.2, 0.25) is 0 Å². The molecule has 0 radical (unpaired) electrons. The fourth-order valence-corrected chi connectivity index (χ4v) is 3.28. The van der Waals surface area contributed by atoms with Crippen molar-refractivity contribution in [2.45, 2.75) is 35.1 Å². The monoisotopic (exact) mass is 323 g/mol. The number of hydrogen-bond donors (Lipinski definition) is 1. The molecule has 4 rings (SSSR count). The molecule has 0 amide bonds. The Morgan fingerprint density at radius 1 is 1.04 bits per heavy atom. The average Bonchev–Trinajstić information content (AvgIpc) is 3.34. The number of benzene rings is 2. The van der Waals surface area contributed by atoms with Crippen LogP contribution in [0.5, 0.6) is 0 Å². The van der Waals surface area contributed by atoms with Gasteiger partial charge in [-0.3, -0.25) is 0 Å². The third kappa shape index (κ3) is 3.56. The molecule has 1 heterocycles. The predicted molar refractivity (Wildman–Crippen MR) is 90.6 cm³/mol. The van der Waals surface area contributed by atoms with Crippen LogP contribution in [-0.4, -0.2) is 10.1 Å². The molecule has 23 heavy (non-hydrogen) atoms. The Balaban J connectivity index is 1.45. The molecule has 2 aromatic carbocycles. The number of para-hydroxylation sites is 1. The van der Waals surface area contributed by atoms with Crippen LogP contribution in [0.15, 0.2) is 68.9 Å². The van der Waals surface area contributed by atoms with Crippen LogP contribution in [0.25, 0.3) is 0 Å². The Morgan fingerprint density at radius 3 is 2.65 bits per heavy atom. The van der Waals surface area contributed by atoms with Crippen molar-refractivity contribution in [3.05, 3.63) is 66.3 Å². The quantitative estimate of drug-likeness (QED) is 0.712. The molecule has 0 atom stereocenters. The first-order chi connectivity index (χ1) is 11.4. The van der Waals surface area contributed by atoms with Gasteiger partial charge in [-0.05, 0) is 37.1 Å². The van der Waals surface area contributed by atoms with E-state index in [2.05, 4.69) is 51.9 Å². The van der Waals surface area contributed by atoms with E-state index in [0.29, 0.717) is 18.4 Å². The minimum atomic E-state index is 0.522. The molecule has 5 heteroatoms. The van der Waals surface area contributed by atoms with Gasteiger partial charge in [0.25, 0.3) is 0 Å². The molecule has 116 valence electrons. The van der Waals surface area contributed by atoms with Crippen molar-refractivity contribution in [2.75, 3.05) is 5.32 Å². The first kappa shape index (κ1) is 14.3. The topological polar surface area (TPSA) is 51.0 Å². The summed E-state index contributed by atoms with van der Waals surface area (Å²) in [7, 11) is 0. The normalized spacial score (nSPS) is 13.9. The van der Waals surface area contributed by atoms with E-state index in [4.69, 9.17) is 4.52 Å². The number of nitrogens with zero attached hydrogens (tertiary/aromatic N) is 2. The summed E-state index contributed by atoms with van der Waals surface area (Å²) in [5.41, 5.74) is 1.08. The third-order valence-electron chi connectivity index (χ3n) is 3.71. The summed E-state index contributed by atoms with van der Waals surface area (Å²) in [5.74, 6) is 2.02. The molecule has 1 aromatic heterocycles. The SMILES string of the molecule is c1ccc(Sc2ccccc2NCc2nc(C3CC3)no2)cc1. The summed E-state index contributed by atoms with van der Waals surface area (Å²) in [4.78, 5) is 6.85. The molecule has 1 aliphatic carbocycles. The van der Waals surface area contributed by atoms with Crippen molar-refractivity contribution in [3.8, 4) is 0 Å². The lowest BCUT2D eigenvalue weighted by Crippen LogP contribution is -2.01. The van der Waals surface area contributed by atoms with E-state index >= 15 is 0 Å². The third-order valence-corrected chi connectivity index (χ3v) is 4.80. The zero-order valence-electron chi connectivity index (χ0n) is 12.6. The van der Waals surface area contributed by atoms with Crippen LogP contribution in [0.4, 0.5) is 5.69 Å². The van der Waals surface area contributed by atoms with E-state index in [9.17, 15) is 0 Å². The minimum absolute atomic E-state index is 0.522. The van der Waals surface area contributed by atoms with Crippen LogP contribution < -0.4 is 5.32 Å². The van der Waals surface area contributed by atoms with Gasteiger partial charge in [0.05, 0.1) is 6.54 Å². The second-order valence-electron chi connectivity index (χ2n) is 5.59. The van der Waals surface area contributed by atoms with Gasteiger partial charge in [0.15, 0.2) is 5.82 Å². The largest absolute Gasteiger partial charge is 0.375 e. The van der Waals surface area contributed by atoms with E-state index in [1.165, 1.54) is 22.6 Å². The van der Waals surface area contributed by atoms with Crippen molar-refractivity contribution in [3.63, 3.8) is 0 Å². The van der Waals surface area contributed by atoms with Gasteiger partial charge in [0.2, 0.25) is 5.89 Å². The summed E-state index contributed by atoms with van der Waals surface area (Å²) in [5, 5.41) is 7.45. The highest BCUT2D eigenvalue weighted by molar-refractivity contribution is 7.99. The molecule has 0 bridgehead atoms. The van der Waals surface area contributed by atoms with Crippen molar-refractivity contribution >= 4 is 17.4 Å². The molecular weight excluding hydrogens is 306 g/mol. The van der Waals surface area contributed by atoms with E-state index < -0.39 is 0 Å². The van der Waals surface area contributed by atoms with Gasteiger partial charge < -0.3 is 9.84 Å². The summed E-state index contributed by atoms with van der Waals surface area (Å²) in [6, 6.07) is 18.6. The van der Waals surface area contributed by atoms with Crippen LogP contribution >= 0.6 is 11.8 Å². The Bertz CT molecular complexity index is 784. The zero-order chi connectivity index (χ0) is 15.5. The van der Waals surface area contributed by atoms with Gasteiger partial charge in [-0.2, -0.15) is 4.98 Å². The van der Waals surface area contributed by atoms with Gasteiger partial charge in [0.1, 0.15) is 0 Å². The second kappa shape index (κ2) is 6.46. The number of aromatic nitrogens is 2. The molecule has 0 unspecified atom stereocenters. The highest BCUT2D eigenvalue weighted by atomic mass is 32.2. The lowest BCUT2D eigenvalue weighted by molar-refractivity contribution is 0.378. The van der Waals surface area contributed by atoms with Crippen LogP contribution in [0.3, 0.4) is 0 Å². The number of rotatable bonds is 6. The summed E-state index contributed by atoms with van der Waals surface area (Å²) in [6.07, 6.45) is 2.37. The first-order valence-electron chi connectivity index (χ1n) is 7.77. The van der Waals surface area contributed by atoms with Crippen LogP contribution in [0, 0.1) is 0 Å². The van der Waals surface area contributed by atoms with Crippen LogP contribution in [-0.2, 0) is 6.54 Å². The van der Waals surface area contributed by atoms with Crippen molar-refractivity contribution in [1.29, 1.82) is 0 Å². The lowest BCUT2D eigenvalue weighted by atomic mass is 10.3. The van der Waals surface area contributed by atoms with Gasteiger partial charge in [-0.15, -0.1) is 0 Å². The number of hydrogen-bond acceptors (Lipinski definition) is 5. The molecule has 0 aliphatic heterocycles. The molecule has 4 nitrogen and oxygen atoms in total. The summed E-state index contributed by atoms with van der Waals surface area (Å²) >= 11 is 1.74. The molecule has 1 saturated carbocycles. The summed E-state index contributed by atoms with van der Waals surface area (Å²) < 4.78 is 5.32. The van der Waals surface area contributed by atoms with Crippen molar-refractivity contribution < 1.29 is 4.52 Å². The zero-order valence-corrected chi connectivity index (χ0v) is 13.4. The Hall–Kier alpha value is -2.27. The molecule has 3 aromatic rings. The molecular formula is C18H17N3OS. The molecule has 0 spiro atoms. The summed E-state index contributed by atoms with van der Waals surface area (Å²) in [6.45, 7) is 0.548. The van der Waals surface area contributed by atoms with E-state index in [0.717, 1.165) is 11.5 Å². The van der Waals surface area contributed by atoms with Crippen LogP contribution in [0.1, 0.15) is 30.5 Å². The molecule has 1 aliphatic rings. The van der Waals surface area contributed by atoms with E-state index in [1.54, 1.807) is 11.8 Å². The average molecular weight is 323 g/mol. The maximum atomic E-state index is 5.32. The number of anilines is 1. The maximum Gasteiger partial charge on any atom is 0.245 e. The van der Waals surface area contributed by atoms with Gasteiger partial charge in [0, 0.05) is 21.4 Å². The number of nitrogens with one attached hydrogen (secondary N) is 1. The molecule has 1 N–H and O–H groups in total. The van der Waals surface area contributed by atoms with E-state index in [1.807, 2.05) is 18.2 Å². The predicted octanol–water partition coefficient (Wildman–Crippen LogP) is 4.71. The Kier molecular flexibility index (Phi) is 4.03. The smallest absolute Gasteiger partial charge is 0.245 e. The fourth-order valence-electron chi connectivity index (χ4n) is 2.34. The van der Waals surface area contributed by atoms with Gasteiger partial charge >= 0.3 is 0 Å². The highest BCUT2D eigenvalue weighted by Crippen LogP contribution is 2.38. The standard InChI is InChI=1S/C18H17N3OS/c1-2-6-14(7-3-1)23-16-9-5-4-8-15(16)19-12-17-20-18(21-22-17)13-10-11-13/h1-9,13,19H,10-12H2. The minimum Gasteiger partial charge on any atom is -0.375 e. The Labute approximate surface area is 139 Å².